The van der Waals surface area contributed by atoms with Crippen molar-refractivity contribution in [3.8, 4) is 5.82 Å². The van der Waals surface area contributed by atoms with Gasteiger partial charge >= 0.3 is 0 Å². The molecule has 0 aromatic carbocycles. The van der Waals surface area contributed by atoms with Crippen molar-refractivity contribution in [3.63, 3.8) is 0 Å². The predicted molar refractivity (Wildman–Crippen MR) is 46.3 cm³/mol. The molecule has 2 aromatic rings. The third kappa shape index (κ3) is 1.53. The number of hydrogen-bond acceptors (Lipinski definition) is 4. The second-order valence-electron chi connectivity index (χ2n) is 2.56. The summed E-state index contributed by atoms with van der Waals surface area (Å²) in [5.41, 5.74) is 1.00. The highest BCUT2D eigenvalue weighted by Gasteiger charge is 1.99. The Morgan fingerprint density at radius 1 is 1.31 bits per heavy atom. The molecule has 0 amide bonds. The SMILES string of the molecule is CCc1cc(-n2cncn2)ncn1. The van der Waals surface area contributed by atoms with E-state index in [9.17, 15) is 0 Å². The molecule has 13 heavy (non-hydrogen) atoms. The third-order valence-corrected chi connectivity index (χ3v) is 1.72. The normalized spacial score (nSPS) is 10.2. The summed E-state index contributed by atoms with van der Waals surface area (Å²) in [6.07, 6.45) is 5.52. The van der Waals surface area contributed by atoms with Crippen molar-refractivity contribution >= 4 is 0 Å². The van der Waals surface area contributed by atoms with Gasteiger partial charge < -0.3 is 0 Å². The highest BCUT2D eigenvalue weighted by atomic mass is 15.3. The van der Waals surface area contributed by atoms with Gasteiger partial charge in [-0.25, -0.2) is 19.6 Å². The average Bonchev–Trinajstić information content (AvgIpc) is 2.71. The molecule has 0 atom stereocenters. The Labute approximate surface area is 75.5 Å². The highest BCUT2D eigenvalue weighted by molar-refractivity contribution is 5.21. The number of aromatic nitrogens is 5. The van der Waals surface area contributed by atoms with Crippen LogP contribution in [0.1, 0.15) is 12.6 Å². The molecule has 0 bridgehead atoms. The van der Waals surface area contributed by atoms with Crippen LogP contribution in [0.4, 0.5) is 0 Å². The fraction of sp³-hybridized carbons (Fsp3) is 0.250. The molecule has 5 nitrogen and oxygen atoms in total. The monoisotopic (exact) mass is 175 g/mol. The molecule has 0 saturated heterocycles. The van der Waals surface area contributed by atoms with Crippen molar-refractivity contribution in [1.29, 1.82) is 0 Å². The quantitative estimate of drug-likeness (QED) is 0.671. The van der Waals surface area contributed by atoms with E-state index in [0.717, 1.165) is 17.9 Å². The molecule has 0 unspecified atom stereocenters. The van der Waals surface area contributed by atoms with E-state index >= 15 is 0 Å². The molecule has 2 rings (SSSR count). The number of hydrogen-bond donors (Lipinski definition) is 0. The van der Waals surface area contributed by atoms with Crippen LogP contribution in [0, 0.1) is 0 Å². The van der Waals surface area contributed by atoms with Gasteiger partial charge in [-0.1, -0.05) is 6.92 Å². The lowest BCUT2D eigenvalue weighted by molar-refractivity contribution is 0.827. The second kappa shape index (κ2) is 3.30. The number of rotatable bonds is 2. The largest absolute Gasteiger partial charge is 0.241 e. The average molecular weight is 175 g/mol. The highest BCUT2D eigenvalue weighted by Crippen LogP contribution is 2.02. The molecule has 0 aliphatic carbocycles. The first kappa shape index (κ1) is 7.85. The maximum absolute atomic E-state index is 4.10. The molecule has 0 spiro atoms. The molecule has 0 aliphatic heterocycles. The lowest BCUT2D eigenvalue weighted by Gasteiger charge is -1.99. The zero-order chi connectivity index (χ0) is 9.10. The molecule has 0 aliphatic rings. The van der Waals surface area contributed by atoms with E-state index in [-0.39, 0.29) is 0 Å². The van der Waals surface area contributed by atoms with Crippen molar-refractivity contribution in [2.75, 3.05) is 0 Å². The summed E-state index contributed by atoms with van der Waals surface area (Å²) >= 11 is 0. The van der Waals surface area contributed by atoms with E-state index in [0.29, 0.717) is 0 Å². The summed E-state index contributed by atoms with van der Waals surface area (Å²) in [4.78, 5) is 12.0. The molecule has 66 valence electrons. The van der Waals surface area contributed by atoms with Crippen LogP contribution in [0.3, 0.4) is 0 Å². The van der Waals surface area contributed by atoms with Crippen LogP contribution < -0.4 is 0 Å². The molecule has 0 fully saturated rings. The van der Waals surface area contributed by atoms with Gasteiger partial charge in [-0.05, 0) is 6.42 Å². The summed E-state index contributed by atoms with van der Waals surface area (Å²) in [7, 11) is 0. The van der Waals surface area contributed by atoms with Crippen molar-refractivity contribution in [2.45, 2.75) is 13.3 Å². The van der Waals surface area contributed by atoms with Crippen LogP contribution in [0.15, 0.2) is 25.0 Å². The minimum atomic E-state index is 0.754. The van der Waals surface area contributed by atoms with Crippen molar-refractivity contribution in [2.24, 2.45) is 0 Å². The Hall–Kier alpha value is -1.78. The summed E-state index contributed by atoms with van der Waals surface area (Å²) in [6.45, 7) is 2.05. The van der Waals surface area contributed by atoms with Gasteiger partial charge in [-0.2, -0.15) is 5.10 Å². The fourth-order valence-corrected chi connectivity index (χ4v) is 1.03. The zero-order valence-corrected chi connectivity index (χ0v) is 7.25. The zero-order valence-electron chi connectivity index (χ0n) is 7.25. The maximum Gasteiger partial charge on any atom is 0.158 e. The molecule has 0 saturated carbocycles. The molecular weight excluding hydrogens is 166 g/mol. The number of nitrogens with zero attached hydrogens (tertiary/aromatic N) is 5. The first-order chi connectivity index (χ1) is 6.40. The van der Waals surface area contributed by atoms with E-state index in [1.54, 1.807) is 11.0 Å². The van der Waals surface area contributed by atoms with Gasteiger partial charge in [0.05, 0.1) is 0 Å². The van der Waals surface area contributed by atoms with E-state index in [2.05, 4.69) is 20.1 Å². The van der Waals surface area contributed by atoms with Crippen molar-refractivity contribution in [1.82, 2.24) is 24.7 Å². The summed E-state index contributed by atoms with van der Waals surface area (Å²) in [5, 5.41) is 3.98. The van der Waals surface area contributed by atoms with Crippen LogP contribution >= 0.6 is 0 Å². The standard InChI is InChI=1S/C8H9N5/c1-2-7-3-8(11-5-10-7)13-6-9-4-12-13/h3-6H,2H2,1H3. The van der Waals surface area contributed by atoms with Gasteiger partial charge in [0.1, 0.15) is 19.0 Å². The van der Waals surface area contributed by atoms with Gasteiger partial charge in [-0.3, -0.25) is 0 Å². The summed E-state index contributed by atoms with van der Waals surface area (Å²) < 4.78 is 1.61. The van der Waals surface area contributed by atoms with Crippen LogP contribution in [0.25, 0.3) is 5.82 Å². The van der Waals surface area contributed by atoms with E-state index in [4.69, 9.17) is 0 Å². The Kier molecular flexibility index (Phi) is 1.99. The Balaban J connectivity index is 2.41. The lowest BCUT2D eigenvalue weighted by atomic mass is 10.3. The smallest absolute Gasteiger partial charge is 0.158 e. The van der Waals surface area contributed by atoms with Crippen LogP contribution in [0.2, 0.25) is 0 Å². The first-order valence-electron chi connectivity index (χ1n) is 4.06. The second-order valence-corrected chi connectivity index (χ2v) is 2.56. The maximum atomic E-state index is 4.10. The molecule has 5 heteroatoms. The van der Waals surface area contributed by atoms with Gasteiger partial charge in [0.25, 0.3) is 0 Å². The lowest BCUT2D eigenvalue weighted by Crippen LogP contribution is -2.00. The van der Waals surface area contributed by atoms with Crippen molar-refractivity contribution < 1.29 is 0 Å². The van der Waals surface area contributed by atoms with Crippen LogP contribution in [0.5, 0.6) is 0 Å². The number of aryl methyl sites for hydroxylation is 1. The van der Waals surface area contributed by atoms with Gasteiger partial charge in [-0.15, -0.1) is 0 Å². The molecule has 0 radical (unpaired) electrons. The molecular formula is C8H9N5. The first-order valence-corrected chi connectivity index (χ1v) is 4.06. The van der Waals surface area contributed by atoms with E-state index in [1.807, 2.05) is 13.0 Å². The minimum absolute atomic E-state index is 0.754. The van der Waals surface area contributed by atoms with E-state index < -0.39 is 0 Å². The van der Waals surface area contributed by atoms with Gasteiger partial charge in [0.15, 0.2) is 5.82 Å². The Bertz CT molecular complexity index is 381. The van der Waals surface area contributed by atoms with Crippen LogP contribution in [-0.4, -0.2) is 24.7 Å². The molecule has 2 heterocycles. The van der Waals surface area contributed by atoms with Crippen molar-refractivity contribution in [3.05, 3.63) is 30.7 Å². The molecule has 0 N–H and O–H groups in total. The topological polar surface area (TPSA) is 56.5 Å². The van der Waals surface area contributed by atoms with Gasteiger partial charge in [0.2, 0.25) is 0 Å². The Morgan fingerprint density at radius 2 is 2.23 bits per heavy atom. The third-order valence-electron chi connectivity index (χ3n) is 1.72. The fourth-order valence-electron chi connectivity index (χ4n) is 1.03. The van der Waals surface area contributed by atoms with E-state index in [1.165, 1.54) is 12.7 Å². The Morgan fingerprint density at radius 3 is 2.92 bits per heavy atom. The molecule has 2 aromatic heterocycles. The predicted octanol–water partition coefficient (Wildman–Crippen LogP) is 0.620. The summed E-state index contributed by atoms with van der Waals surface area (Å²) in [6, 6.07) is 1.90. The van der Waals surface area contributed by atoms with Gasteiger partial charge in [0, 0.05) is 11.8 Å². The summed E-state index contributed by atoms with van der Waals surface area (Å²) in [5.74, 6) is 0.754. The van der Waals surface area contributed by atoms with Crippen LogP contribution in [-0.2, 0) is 6.42 Å². The minimum Gasteiger partial charge on any atom is -0.241 e.